The van der Waals surface area contributed by atoms with Crippen LogP contribution in [0.2, 0.25) is 0 Å². The molecule has 0 aliphatic rings. The van der Waals surface area contributed by atoms with Crippen molar-refractivity contribution < 1.29 is 4.21 Å². The fraction of sp³-hybridized carbons (Fsp3) is 0.286. The van der Waals surface area contributed by atoms with Crippen LogP contribution in [0.5, 0.6) is 0 Å². The van der Waals surface area contributed by atoms with Crippen LogP contribution in [0.15, 0.2) is 29.4 Å². The number of pyridine rings is 1. The quantitative estimate of drug-likeness (QED) is 0.731. The van der Waals surface area contributed by atoms with Crippen LogP contribution < -0.4 is 0 Å². The fourth-order valence-corrected chi connectivity index (χ4v) is 1.62. The molecule has 60 valence electrons. The second-order valence-electron chi connectivity index (χ2n) is 2.15. The first-order valence-corrected chi connectivity index (χ1v) is 5.06. The zero-order valence-corrected chi connectivity index (χ0v) is 7.10. The van der Waals surface area contributed by atoms with Gasteiger partial charge in [-0.15, -0.1) is 0 Å². The SMILES string of the molecule is CCS(=N)(=O)c1ccncc1. The van der Waals surface area contributed by atoms with Crippen LogP contribution in [-0.4, -0.2) is 14.9 Å². The van der Waals surface area contributed by atoms with Crippen molar-refractivity contribution in [1.29, 1.82) is 4.78 Å². The third kappa shape index (κ3) is 1.77. The van der Waals surface area contributed by atoms with Crippen LogP contribution >= 0.6 is 0 Å². The van der Waals surface area contributed by atoms with Crippen LogP contribution in [0.4, 0.5) is 0 Å². The Hall–Kier alpha value is -0.900. The summed E-state index contributed by atoms with van der Waals surface area (Å²) in [4.78, 5) is 4.35. The monoisotopic (exact) mass is 170 g/mol. The van der Waals surface area contributed by atoms with Gasteiger partial charge >= 0.3 is 0 Å². The first-order valence-electron chi connectivity index (χ1n) is 3.33. The van der Waals surface area contributed by atoms with E-state index in [0.29, 0.717) is 10.6 Å². The number of hydrogen-bond donors (Lipinski definition) is 1. The fourth-order valence-electron chi connectivity index (χ4n) is 0.725. The molecule has 1 unspecified atom stereocenters. The van der Waals surface area contributed by atoms with Crippen molar-refractivity contribution in [2.24, 2.45) is 0 Å². The smallest absolute Gasteiger partial charge is 0.0724 e. The van der Waals surface area contributed by atoms with E-state index in [2.05, 4.69) is 4.98 Å². The Balaban J connectivity index is 3.14. The van der Waals surface area contributed by atoms with Crippen LogP contribution in [0.25, 0.3) is 0 Å². The van der Waals surface area contributed by atoms with Gasteiger partial charge in [-0.25, -0.2) is 8.99 Å². The summed E-state index contributed by atoms with van der Waals surface area (Å²) < 4.78 is 18.8. The highest BCUT2D eigenvalue weighted by Crippen LogP contribution is 2.08. The molecule has 0 bridgehead atoms. The summed E-state index contributed by atoms with van der Waals surface area (Å²) in [6, 6.07) is 3.25. The molecule has 4 heteroatoms. The van der Waals surface area contributed by atoms with Gasteiger partial charge in [-0.05, 0) is 12.1 Å². The van der Waals surface area contributed by atoms with Crippen molar-refractivity contribution in [2.45, 2.75) is 11.8 Å². The summed E-state index contributed by atoms with van der Waals surface area (Å²) in [5, 5.41) is 0. The number of nitrogens with one attached hydrogen (secondary N) is 1. The lowest BCUT2D eigenvalue weighted by atomic mass is 10.5. The molecule has 0 amide bonds. The summed E-state index contributed by atoms with van der Waals surface area (Å²) in [5.41, 5.74) is 0. The van der Waals surface area contributed by atoms with Gasteiger partial charge in [0.1, 0.15) is 0 Å². The molecule has 0 spiro atoms. The minimum atomic E-state index is -2.54. The van der Waals surface area contributed by atoms with Gasteiger partial charge in [-0.1, -0.05) is 6.92 Å². The molecule has 1 rings (SSSR count). The summed E-state index contributed by atoms with van der Waals surface area (Å²) in [5.74, 6) is 0.358. The Labute approximate surface area is 66.4 Å². The third-order valence-electron chi connectivity index (χ3n) is 1.44. The third-order valence-corrected chi connectivity index (χ3v) is 3.28. The topological polar surface area (TPSA) is 53.8 Å². The first-order chi connectivity index (χ1) is 5.17. The van der Waals surface area contributed by atoms with E-state index in [1.165, 1.54) is 0 Å². The Morgan fingerprint density at radius 3 is 2.55 bits per heavy atom. The van der Waals surface area contributed by atoms with Crippen molar-refractivity contribution in [3.63, 3.8) is 0 Å². The van der Waals surface area contributed by atoms with Crippen molar-refractivity contribution >= 4 is 9.73 Å². The van der Waals surface area contributed by atoms with Gasteiger partial charge < -0.3 is 0 Å². The molecule has 0 saturated heterocycles. The second kappa shape index (κ2) is 3.00. The molecule has 1 aromatic rings. The molecule has 0 fully saturated rings. The molecule has 3 nitrogen and oxygen atoms in total. The van der Waals surface area contributed by atoms with E-state index in [-0.39, 0.29) is 0 Å². The Bertz CT molecular complexity index is 318. The lowest BCUT2D eigenvalue weighted by molar-refractivity contribution is 0.675. The minimum Gasteiger partial charge on any atom is -0.265 e. The molecular weight excluding hydrogens is 160 g/mol. The maximum absolute atomic E-state index is 11.4. The Morgan fingerprint density at radius 1 is 1.55 bits per heavy atom. The molecule has 1 aromatic heterocycles. The van der Waals surface area contributed by atoms with Gasteiger partial charge in [0.25, 0.3) is 0 Å². The standard InChI is InChI=1S/C7H10N2OS/c1-2-11(8,10)7-3-5-9-6-4-7/h3-6,8H,2H2,1H3. The van der Waals surface area contributed by atoms with Gasteiger partial charge in [0.05, 0.1) is 14.6 Å². The van der Waals surface area contributed by atoms with Gasteiger partial charge in [0.2, 0.25) is 0 Å². The molecule has 1 heterocycles. The molecule has 0 radical (unpaired) electrons. The zero-order chi connectivity index (χ0) is 8.32. The summed E-state index contributed by atoms with van der Waals surface area (Å²) >= 11 is 0. The van der Waals surface area contributed by atoms with Crippen LogP contribution in [0.1, 0.15) is 6.92 Å². The van der Waals surface area contributed by atoms with E-state index in [1.807, 2.05) is 0 Å². The highest BCUT2D eigenvalue weighted by Gasteiger charge is 2.04. The highest BCUT2D eigenvalue weighted by molar-refractivity contribution is 7.92. The largest absolute Gasteiger partial charge is 0.265 e. The molecule has 0 saturated carbocycles. The van der Waals surface area contributed by atoms with Crippen molar-refractivity contribution in [3.8, 4) is 0 Å². The maximum atomic E-state index is 11.4. The maximum Gasteiger partial charge on any atom is 0.0724 e. The van der Waals surface area contributed by atoms with Crippen LogP contribution in [0, 0.1) is 4.78 Å². The predicted octanol–water partition coefficient (Wildman–Crippen LogP) is 1.51. The highest BCUT2D eigenvalue weighted by atomic mass is 32.2. The molecule has 1 atom stereocenters. The summed E-state index contributed by atoms with van der Waals surface area (Å²) in [6.45, 7) is 1.75. The second-order valence-corrected chi connectivity index (χ2v) is 4.55. The van der Waals surface area contributed by atoms with Gasteiger partial charge in [0.15, 0.2) is 0 Å². The van der Waals surface area contributed by atoms with E-state index in [1.54, 1.807) is 31.5 Å². The lowest BCUT2D eigenvalue weighted by Crippen LogP contribution is -2.00. The van der Waals surface area contributed by atoms with Gasteiger partial charge in [-0.3, -0.25) is 4.98 Å². The Kier molecular flexibility index (Phi) is 2.24. The van der Waals surface area contributed by atoms with E-state index in [4.69, 9.17) is 4.78 Å². The van der Waals surface area contributed by atoms with E-state index in [0.717, 1.165) is 0 Å². The summed E-state index contributed by atoms with van der Waals surface area (Å²) in [7, 11) is -2.54. The number of aromatic nitrogens is 1. The van der Waals surface area contributed by atoms with E-state index < -0.39 is 9.73 Å². The van der Waals surface area contributed by atoms with Crippen LogP contribution in [0.3, 0.4) is 0 Å². The molecule has 1 N–H and O–H groups in total. The number of rotatable bonds is 2. The molecule has 11 heavy (non-hydrogen) atoms. The molecule has 0 aromatic carbocycles. The van der Waals surface area contributed by atoms with Crippen molar-refractivity contribution in [1.82, 2.24) is 4.98 Å². The minimum absolute atomic E-state index is 0.358. The van der Waals surface area contributed by atoms with Crippen molar-refractivity contribution in [2.75, 3.05) is 5.75 Å². The Morgan fingerprint density at radius 2 is 2.09 bits per heavy atom. The molecular formula is C7H10N2OS. The van der Waals surface area contributed by atoms with E-state index >= 15 is 0 Å². The van der Waals surface area contributed by atoms with E-state index in [9.17, 15) is 4.21 Å². The molecule has 0 aliphatic heterocycles. The predicted molar refractivity (Wildman–Crippen MR) is 43.9 cm³/mol. The average Bonchev–Trinajstić information content (AvgIpc) is 2.06. The molecule has 0 aliphatic carbocycles. The van der Waals surface area contributed by atoms with Gasteiger partial charge in [-0.2, -0.15) is 0 Å². The number of hydrogen-bond acceptors (Lipinski definition) is 3. The first kappa shape index (κ1) is 8.20. The van der Waals surface area contributed by atoms with Gasteiger partial charge in [0, 0.05) is 18.1 Å². The number of nitrogens with zero attached hydrogens (tertiary/aromatic N) is 1. The normalized spacial score (nSPS) is 15.7. The van der Waals surface area contributed by atoms with Crippen molar-refractivity contribution in [3.05, 3.63) is 24.5 Å². The average molecular weight is 170 g/mol. The van der Waals surface area contributed by atoms with Crippen LogP contribution in [-0.2, 0) is 9.73 Å². The summed E-state index contributed by atoms with van der Waals surface area (Å²) in [6.07, 6.45) is 3.11. The zero-order valence-electron chi connectivity index (χ0n) is 6.28. The lowest BCUT2D eigenvalue weighted by Gasteiger charge is -2.01.